The first-order valence-electron chi connectivity index (χ1n) is 9.18. The lowest BCUT2D eigenvalue weighted by Gasteiger charge is -2.21. The number of carbonyl (C=O) groups is 2. The highest BCUT2D eigenvalue weighted by atomic mass is 16.5. The van der Waals surface area contributed by atoms with Gasteiger partial charge in [-0.25, -0.2) is 4.98 Å². The fourth-order valence-electron chi connectivity index (χ4n) is 3.60. The van der Waals surface area contributed by atoms with Gasteiger partial charge >= 0.3 is 0 Å². The summed E-state index contributed by atoms with van der Waals surface area (Å²) in [4.78, 5) is 36.4. The molecule has 1 N–H and O–H groups in total. The molecular weight excluding hydrogens is 356 g/mol. The largest absolute Gasteiger partial charge is 0.497 e. The molecule has 1 aliphatic rings. The average molecular weight is 378 g/mol. The van der Waals surface area contributed by atoms with Crippen LogP contribution in [-0.4, -0.2) is 47.4 Å². The maximum absolute atomic E-state index is 12.9. The number of nitrogens with zero attached hydrogens (tertiary/aromatic N) is 3. The molecule has 7 nitrogen and oxygen atoms in total. The topological polar surface area (TPSA) is 78.5 Å². The van der Waals surface area contributed by atoms with Crippen LogP contribution < -0.4 is 9.64 Å². The van der Waals surface area contributed by atoms with E-state index in [0.29, 0.717) is 18.8 Å². The van der Waals surface area contributed by atoms with E-state index in [1.165, 1.54) is 0 Å². The van der Waals surface area contributed by atoms with Crippen LogP contribution in [0.4, 0.5) is 5.69 Å². The number of anilines is 1. The summed E-state index contributed by atoms with van der Waals surface area (Å²) in [7, 11) is 3.33. The molecule has 144 valence electrons. The number of ether oxygens (including phenoxy) is 1. The van der Waals surface area contributed by atoms with Crippen molar-refractivity contribution in [3.63, 3.8) is 0 Å². The highest BCUT2D eigenvalue weighted by Crippen LogP contribution is 2.28. The standard InChI is InChI=1S/C21H22N4O3/c1-24(13-19-22-17-8-3-4-9-18(17)23-19)21(27)14-10-20(26)25(12-14)15-6-5-7-16(11-15)28-2/h3-9,11,14H,10,12-13H2,1-2H3,(H,22,23)/t14-/m0/s1. The van der Waals surface area contributed by atoms with Gasteiger partial charge in [0.2, 0.25) is 11.8 Å². The molecule has 2 amide bonds. The molecule has 1 fully saturated rings. The Kier molecular flexibility index (Phi) is 4.73. The number of aromatic amines is 1. The average Bonchev–Trinajstić information content (AvgIpc) is 3.30. The second-order valence-electron chi connectivity index (χ2n) is 7.00. The van der Waals surface area contributed by atoms with Crippen LogP contribution in [0.1, 0.15) is 12.2 Å². The Hall–Kier alpha value is -3.35. The van der Waals surface area contributed by atoms with Crippen molar-refractivity contribution in [2.75, 3.05) is 25.6 Å². The molecule has 7 heteroatoms. The first-order valence-corrected chi connectivity index (χ1v) is 9.18. The second-order valence-corrected chi connectivity index (χ2v) is 7.00. The van der Waals surface area contributed by atoms with Gasteiger partial charge in [-0.2, -0.15) is 0 Å². The van der Waals surface area contributed by atoms with E-state index in [2.05, 4.69) is 9.97 Å². The summed E-state index contributed by atoms with van der Waals surface area (Å²) in [5.74, 6) is 0.934. The second kappa shape index (κ2) is 7.34. The lowest BCUT2D eigenvalue weighted by Crippen LogP contribution is -2.34. The zero-order chi connectivity index (χ0) is 19.7. The van der Waals surface area contributed by atoms with E-state index in [4.69, 9.17) is 4.74 Å². The molecule has 2 heterocycles. The van der Waals surface area contributed by atoms with Crippen LogP contribution >= 0.6 is 0 Å². The van der Waals surface area contributed by atoms with Crippen LogP contribution in [0.15, 0.2) is 48.5 Å². The van der Waals surface area contributed by atoms with Crippen molar-refractivity contribution in [1.29, 1.82) is 0 Å². The Morgan fingerprint density at radius 2 is 2.11 bits per heavy atom. The number of H-pyrrole nitrogens is 1. The van der Waals surface area contributed by atoms with E-state index in [0.717, 1.165) is 22.5 Å². The molecular formula is C21H22N4O3. The van der Waals surface area contributed by atoms with Crippen LogP contribution in [0.5, 0.6) is 5.75 Å². The Bertz CT molecular complexity index is 996. The predicted molar refractivity (Wildman–Crippen MR) is 106 cm³/mol. The third kappa shape index (κ3) is 3.43. The number of carbonyl (C=O) groups excluding carboxylic acids is 2. The summed E-state index contributed by atoms with van der Waals surface area (Å²) in [6.07, 6.45) is 0.209. The first kappa shape index (κ1) is 18.0. The van der Waals surface area contributed by atoms with E-state index in [9.17, 15) is 9.59 Å². The highest BCUT2D eigenvalue weighted by molar-refractivity contribution is 6.00. The van der Waals surface area contributed by atoms with Gasteiger partial charge in [0.1, 0.15) is 11.6 Å². The third-order valence-electron chi connectivity index (χ3n) is 5.04. The summed E-state index contributed by atoms with van der Waals surface area (Å²) < 4.78 is 5.23. The van der Waals surface area contributed by atoms with Crippen LogP contribution in [0.25, 0.3) is 11.0 Å². The molecule has 0 radical (unpaired) electrons. The Morgan fingerprint density at radius 1 is 1.29 bits per heavy atom. The van der Waals surface area contributed by atoms with E-state index < -0.39 is 0 Å². The predicted octanol–water partition coefficient (Wildman–Crippen LogP) is 2.58. The van der Waals surface area contributed by atoms with Crippen LogP contribution in [0.3, 0.4) is 0 Å². The monoisotopic (exact) mass is 378 g/mol. The summed E-state index contributed by atoms with van der Waals surface area (Å²) in [6.45, 7) is 0.743. The van der Waals surface area contributed by atoms with Gasteiger partial charge in [-0.1, -0.05) is 18.2 Å². The van der Waals surface area contributed by atoms with Crippen molar-refractivity contribution in [3.8, 4) is 5.75 Å². The van der Waals surface area contributed by atoms with E-state index >= 15 is 0 Å². The van der Waals surface area contributed by atoms with Gasteiger partial charge in [-0.05, 0) is 24.3 Å². The van der Waals surface area contributed by atoms with E-state index in [-0.39, 0.29) is 24.2 Å². The van der Waals surface area contributed by atoms with Gasteiger partial charge in [-0.3, -0.25) is 9.59 Å². The lowest BCUT2D eigenvalue weighted by atomic mass is 10.1. The van der Waals surface area contributed by atoms with E-state index in [1.807, 2.05) is 48.5 Å². The zero-order valence-corrected chi connectivity index (χ0v) is 15.9. The SMILES string of the molecule is COc1cccc(N2C[C@@H](C(=O)N(C)Cc3nc4ccccc4[nH]3)CC2=O)c1. The van der Waals surface area contributed by atoms with Crippen molar-refractivity contribution < 1.29 is 14.3 Å². The Labute approximate surface area is 162 Å². The normalized spacial score (nSPS) is 16.6. The molecule has 28 heavy (non-hydrogen) atoms. The van der Waals surface area contributed by atoms with Gasteiger partial charge in [-0.15, -0.1) is 0 Å². The molecule has 0 saturated carbocycles. The Balaban J connectivity index is 1.44. The summed E-state index contributed by atoms with van der Waals surface area (Å²) in [6, 6.07) is 15.1. The lowest BCUT2D eigenvalue weighted by molar-refractivity contribution is -0.135. The minimum Gasteiger partial charge on any atom is -0.497 e. The number of rotatable bonds is 5. The smallest absolute Gasteiger partial charge is 0.228 e. The molecule has 1 atom stereocenters. The van der Waals surface area contributed by atoms with Crippen molar-refractivity contribution in [3.05, 3.63) is 54.4 Å². The number of imidazole rings is 1. The molecule has 0 spiro atoms. The van der Waals surface area contributed by atoms with Crippen LogP contribution in [-0.2, 0) is 16.1 Å². The number of hydrogen-bond acceptors (Lipinski definition) is 4. The van der Waals surface area contributed by atoms with Gasteiger partial charge in [0.25, 0.3) is 0 Å². The maximum Gasteiger partial charge on any atom is 0.228 e. The minimum atomic E-state index is -0.368. The number of methoxy groups -OCH3 is 1. The number of benzene rings is 2. The van der Waals surface area contributed by atoms with Crippen molar-refractivity contribution in [2.24, 2.45) is 5.92 Å². The zero-order valence-electron chi connectivity index (χ0n) is 15.9. The molecule has 3 aromatic rings. The van der Waals surface area contributed by atoms with Crippen molar-refractivity contribution in [2.45, 2.75) is 13.0 Å². The molecule has 0 bridgehead atoms. The van der Waals surface area contributed by atoms with Gasteiger partial charge in [0.15, 0.2) is 0 Å². The van der Waals surface area contributed by atoms with Crippen LogP contribution in [0.2, 0.25) is 0 Å². The number of aromatic nitrogens is 2. The number of nitrogens with one attached hydrogen (secondary N) is 1. The molecule has 0 aliphatic carbocycles. The molecule has 4 rings (SSSR count). The molecule has 1 saturated heterocycles. The molecule has 1 aliphatic heterocycles. The first-order chi connectivity index (χ1) is 13.5. The highest BCUT2D eigenvalue weighted by Gasteiger charge is 2.36. The fraction of sp³-hybridized carbons (Fsp3) is 0.286. The number of amides is 2. The van der Waals surface area contributed by atoms with Crippen molar-refractivity contribution >= 4 is 28.5 Å². The van der Waals surface area contributed by atoms with Crippen LogP contribution in [0, 0.1) is 5.92 Å². The van der Waals surface area contributed by atoms with Gasteiger partial charge in [0, 0.05) is 31.8 Å². The van der Waals surface area contributed by atoms with Crippen molar-refractivity contribution in [1.82, 2.24) is 14.9 Å². The maximum atomic E-state index is 12.9. The number of hydrogen-bond donors (Lipinski definition) is 1. The fourth-order valence-corrected chi connectivity index (χ4v) is 3.60. The minimum absolute atomic E-state index is 0.0521. The quantitative estimate of drug-likeness (QED) is 0.740. The summed E-state index contributed by atoms with van der Waals surface area (Å²) in [5.41, 5.74) is 2.57. The molecule has 1 aromatic heterocycles. The number of fused-ring (bicyclic) bond motifs is 1. The summed E-state index contributed by atoms with van der Waals surface area (Å²) >= 11 is 0. The molecule has 0 unspecified atom stereocenters. The Morgan fingerprint density at radius 3 is 2.89 bits per heavy atom. The number of para-hydroxylation sites is 2. The van der Waals surface area contributed by atoms with Gasteiger partial charge in [0.05, 0.1) is 30.6 Å². The molecule has 2 aromatic carbocycles. The van der Waals surface area contributed by atoms with Gasteiger partial charge < -0.3 is 19.5 Å². The van der Waals surface area contributed by atoms with E-state index in [1.54, 1.807) is 24.0 Å². The summed E-state index contributed by atoms with van der Waals surface area (Å²) in [5, 5.41) is 0. The third-order valence-corrected chi connectivity index (χ3v) is 5.04.